The topological polar surface area (TPSA) is 52.4 Å². The van der Waals surface area contributed by atoms with Crippen molar-refractivity contribution >= 4 is 0 Å². The summed E-state index contributed by atoms with van der Waals surface area (Å²) in [6, 6.07) is 12.6. The molecule has 4 rings (SSSR count). The van der Waals surface area contributed by atoms with Crippen LogP contribution >= 0.6 is 0 Å². The van der Waals surface area contributed by atoms with Crippen molar-refractivity contribution in [1.82, 2.24) is 19.7 Å². The number of hydrogen-bond acceptors (Lipinski definition) is 5. The van der Waals surface area contributed by atoms with E-state index in [1.807, 2.05) is 23.9 Å². The quantitative estimate of drug-likeness (QED) is 0.626. The molecule has 0 spiro atoms. The Hall–Kier alpha value is -2.70. The molecule has 2 aromatic heterocycles. The summed E-state index contributed by atoms with van der Waals surface area (Å²) in [6.45, 7) is 7.49. The molecule has 0 radical (unpaired) electrons. The second-order valence-corrected chi connectivity index (χ2v) is 8.08. The van der Waals surface area contributed by atoms with Gasteiger partial charge in [-0.3, -0.25) is 14.6 Å². The van der Waals surface area contributed by atoms with Gasteiger partial charge in [0.15, 0.2) is 0 Å². The summed E-state index contributed by atoms with van der Waals surface area (Å²) in [4.78, 5) is 7.24. The van der Waals surface area contributed by atoms with Crippen LogP contribution < -0.4 is 4.74 Å². The van der Waals surface area contributed by atoms with E-state index in [1.54, 1.807) is 7.11 Å². The van der Waals surface area contributed by atoms with Crippen LogP contribution in [0, 0.1) is 13.8 Å². The molecule has 1 atom stereocenters. The van der Waals surface area contributed by atoms with Crippen LogP contribution in [0.5, 0.6) is 5.75 Å². The zero-order valence-electron chi connectivity index (χ0n) is 18.3. The average Bonchev–Trinajstić information content (AvgIpc) is 3.04. The van der Waals surface area contributed by atoms with E-state index < -0.39 is 0 Å². The van der Waals surface area contributed by atoms with Gasteiger partial charge in [0.2, 0.25) is 0 Å². The molecule has 3 aromatic rings. The van der Waals surface area contributed by atoms with E-state index in [-0.39, 0.29) is 6.10 Å². The Balaban J connectivity index is 1.49. The molecular weight excluding hydrogens is 376 g/mol. The number of rotatable bonds is 6. The van der Waals surface area contributed by atoms with Gasteiger partial charge in [-0.25, -0.2) is 0 Å². The first-order valence-corrected chi connectivity index (χ1v) is 10.4. The first-order valence-electron chi connectivity index (χ1n) is 10.4. The summed E-state index contributed by atoms with van der Waals surface area (Å²) in [5.41, 5.74) is 6.87. The van der Waals surface area contributed by atoms with Crippen LogP contribution in [0.4, 0.5) is 0 Å². The Morgan fingerprint density at radius 1 is 1.17 bits per heavy atom. The molecule has 1 aliphatic heterocycles. The van der Waals surface area contributed by atoms with E-state index in [4.69, 9.17) is 14.5 Å². The number of pyridine rings is 1. The van der Waals surface area contributed by atoms with E-state index in [0.29, 0.717) is 6.61 Å². The van der Waals surface area contributed by atoms with Crippen molar-refractivity contribution in [1.29, 1.82) is 0 Å². The molecular formula is C24H30N4O2. The molecule has 1 fully saturated rings. The van der Waals surface area contributed by atoms with Crippen molar-refractivity contribution in [2.45, 2.75) is 32.9 Å². The highest BCUT2D eigenvalue weighted by molar-refractivity contribution is 5.34. The molecule has 1 saturated heterocycles. The van der Waals surface area contributed by atoms with Gasteiger partial charge < -0.3 is 9.47 Å². The molecule has 1 aliphatic rings. The fourth-order valence-corrected chi connectivity index (χ4v) is 4.12. The number of aryl methyl sites for hydroxylation is 3. The van der Waals surface area contributed by atoms with Crippen LogP contribution in [-0.4, -0.2) is 46.5 Å². The first kappa shape index (κ1) is 20.6. The molecule has 0 aliphatic carbocycles. The minimum Gasteiger partial charge on any atom is -0.497 e. The monoisotopic (exact) mass is 406 g/mol. The normalized spacial score (nSPS) is 17.3. The minimum absolute atomic E-state index is 0.0142. The molecule has 1 unspecified atom stereocenters. The average molecular weight is 407 g/mol. The molecule has 3 heterocycles. The van der Waals surface area contributed by atoms with Gasteiger partial charge in [0, 0.05) is 44.1 Å². The predicted molar refractivity (Wildman–Crippen MR) is 117 cm³/mol. The lowest BCUT2D eigenvalue weighted by atomic mass is 10.0. The van der Waals surface area contributed by atoms with Crippen LogP contribution in [0.3, 0.4) is 0 Å². The Morgan fingerprint density at radius 3 is 2.80 bits per heavy atom. The SMILES string of the molecule is COc1cccc(Cc2cc(C)nc(C3CN(Cc4cn(C)nc4C)CCO3)c2)c1. The Kier molecular flexibility index (Phi) is 6.16. The van der Waals surface area contributed by atoms with E-state index >= 15 is 0 Å². The zero-order valence-corrected chi connectivity index (χ0v) is 18.3. The van der Waals surface area contributed by atoms with Gasteiger partial charge in [-0.05, 0) is 55.7 Å². The number of benzene rings is 1. The highest BCUT2D eigenvalue weighted by Crippen LogP contribution is 2.25. The van der Waals surface area contributed by atoms with Gasteiger partial charge in [-0.2, -0.15) is 5.10 Å². The third-order valence-corrected chi connectivity index (χ3v) is 5.56. The number of nitrogens with zero attached hydrogens (tertiary/aromatic N) is 4. The maximum Gasteiger partial charge on any atom is 0.119 e. The van der Waals surface area contributed by atoms with Crippen LogP contribution in [-0.2, 0) is 24.8 Å². The van der Waals surface area contributed by atoms with E-state index in [0.717, 1.165) is 48.9 Å². The van der Waals surface area contributed by atoms with Crippen molar-refractivity contribution in [3.8, 4) is 5.75 Å². The Bertz CT molecular complexity index is 1010. The molecule has 6 nitrogen and oxygen atoms in total. The maximum absolute atomic E-state index is 6.12. The molecule has 6 heteroatoms. The molecule has 1 aromatic carbocycles. The van der Waals surface area contributed by atoms with Gasteiger partial charge in [-0.15, -0.1) is 0 Å². The smallest absolute Gasteiger partial charge is 0.119 e. The fraction of sp³-hybridized carbons (Fsp3) is 0.417. The largest absolute Gasteiger partial charge is 0.497 e. The second-order valence-electron chi connectivity index (χ2n) is 8.08. The summed E-state index contributed by atoms with van der Waals surface area (Å²) in [5.74, 6) is 0.885. The highest BCUT2D eigenvalue weighted by atomic mass is 16.5. The summed E-state index contributed by atoms with van der Waals surface area (Å²) in [6.07, 6.45) is 2.94. The van der Waals surface area contributed by atoms with Gasteiger partial charge >= 0.3 is 0 Å². The number of aromatic nitrogens is 3. The van der Waals surface area contributed by atoms with Crippen molar-refractivity contribution in [2.24, 2.45) is 7.05 Å². The van der Waals surface area contributed by atoms with Crippen molar-refractivity contribution in [3.05, 3.63) is 76.4 Å². The maximum atomic E-state index is 6.12. The summed E-state index contributed by atoms with van der Waals surface area (Å²) < 4.78 is 13.4. The number of ether oxygens (including phenoxy) is 2. The van der Waals surface area contributed by atoms with Crippen molar-refractivity contribution in [2.75, 3.05) is 26.8 Å². The van der Waals surface area contributed by atoms with Crippen LogP contribution in [0.1, 0.15) is 39.9 Å². The van der Waals surface area contributed by atoms with Crippen LogP contribution in [0.2, 0.25) is 0 Å². The van der Waals surface area contributed by atoms with E-state index in [2.05, 4.69) is 54.3 Å². The van der Waals surface area contributed by atoms with Crippen LogP contribution in [0.25, 0.3) is 0 Å². The minimum atomic E-state index is -0.0142. The summed E-state index contributed by atoms with van der Waals surface area (Å²) >= 11 is 0. The standard InChI is InChI=1S/C24H30N4O2/c1-17-10-20(11-19-6-5-7-22(12-19)29-4)13-23(25-17)24-16-28(8-9-30-24)15-21-14-27(3)26-18(21)2/h5-7,10,12-14,24H,8-9,11,15-16H2,1-4H3. The molecule has 0 N–H and O–H groups in total. The highest BCUT2D eigenvalue weighted by Gasteiger charge is 2.24. The van der Waals surface area contributed by atoms with E-state index in [9.17, 15) is 0 Å². The fourth-order valence-electron chi connectivity index (χ4n) is 4.12. The molecule has 158 valence electrons. The molecule has 30 heavy (non-hydrogen) atoms. The third-order valence-electron chi connectivity index (χ3n) is 5.56. The lowest BCUT2D eigenvalue weighted by Crippen LogP contribution is -2.38. The molecule has 0 saturated carbocycles. The Morgan fingerprint density at radius 2 is 2.03 bits per heavy atom. The second kappa shape index (κ2) is 8.98. The number of morpholine rings is 1. The molecule has 0 amide bonds. The molecule has 0 bridgehead atoms. The Labute approximate surface area is 178 Å². The first-order chi connectivity index (χ1) is 14.5. The third kappa shape index (κ3) is 4.89. The zero-order chi connectivity index (χ0) is 21.1. The van der Waals surface area contributed by atoms with Gasteiger partial charge in [0.25, 0.3) is 0 Å². The number of hydrogen-bond donors (Lipinski definition) is 0. The lowest BCUT2D eigenvalue weighted by Gasteiger charge is -2.32. The van der Waals surface area contributed by atoms with Gasteiger partial charge in [-0.1, -0.05) is 12.1 Å². The van der Waals surface area contributed by atoms with Gasteiger partial charge in [0.1, 0.15) is 11.9 Å². The van der Waals surface area contributed by atoms with Crippen LogP contribution in [0.15, 0.2) is 42.6 Å². The summed E-state index contributed by atoms with van der Waals surface area (Å²) in [7, 11) is 3.67. The number of methoxy groups -OCH3 is 1. The lowest BCUT2D eigenvalue weighted by molar-refractivity contribution is -0.0351. The van der Waals surface area contributed by atoms with E-state index in [1.165, 1.54) is 16.7 Å². The van der Waals surface area contributed by atoms with Gasteiger partial charge in [0.05, 0.1) is 25.1 Å². The predicted octanol–water partition coefficient (Wildman–Crippen LogP) is 3.60. The van der Waals surface area contributed by atoms with Crippen molar-refractivity contribution < 1.29 is 9.47 Å². The summed E-state index contributed by atoms with van der Waals surface area (Å²) in [5, 5.41) is 4.47. The van der Waals surface area contributed by atoms with Crippen molar-refractivity contribution in [3.63, 3.8) is 0 Å².